The van der Waals surface area contributed by atoms with Crippen molar-refractivity contribution in [2.45, 2.75) is 33.6 Å². The van der Waals surface area contributed by atoms with Crippen LogP contribution in [0.25, 0.3) is 6.08 Å². The third kappa shape index (κ3) is 6.12. The van der Waals surface area contributed by atoms with Crippen molar-refractivity contribution < 1.29 is 24.2 Å². The molecule has 0 bridgehead atoms. The molecule has 2 N–H and O–H groups in total. The molecule has 0 aliphatic carbocycles. The van der Waals surface area contributed by atoms with E-state index in [9.17, 15) is 9.59 Å². The standard InChI is InChI=1S/C17H22ClNO5/c1-4-6-7-24-16-13(18)8-12(10-15(16)23-5-2)9-14(17(21)22)19-11(3)20/h8-10H,4-7H2,1-3H3,(H,19,20)(H,21,22)/b14-9+. The monoisotopic (exact) mass is 355 g/mol. The van der Waals surface area contributed by atoms with Crippen LogP contribution in [0, 0.1) is 0 Å². The molecule has 0 aromatic heterocycles. The summed E-state index contributed by atoms with van der Waals surface area (Å²) in [5.41, 5.74) is 0.234. The molecule has 1 rings (SSSR count). The number of hydrogen-bond acceptors (Lipinski definition) is 4. The lowest BCUT2D eigenvalue weighted by atomic mass is 10.1. The molecule has 0 saturated heterocycles. The fourth-order valence-corrected chi connectivity index (χ4v) is 2.17. The maximum Gasteiger partial charge on any atom is 0.352 e. The van der Waals surface area contributed by atoms with Crippen LogP contribution >= 0.6 is 11.6 Å². The Bertz CT molecular complexity index is 628. The highest BCUT2D eigenvalue weighted by Crippen LogP contribution is 2.37. The average molecular weight is 356 g/mol. The van der Waals surface area contributed by atoms with Gasteiger partial charge >= 0.3 is 5.97 Å². The molecule has 1 aromatic rings. The number of benzene rings is 1. The number of carbonyl (C=O) groups is 2. The number of ether oxygens (including phenoxy) is 2. The molecule has 0 aliphatic heterocycles. The number of amides is 1. The van der Waals surface area contributed by atoms with Crippen molar-refractivity contribution in [2.24, 2.45) is 0 Å². The summed E-state index contributed by atoms with van der Waals surface area (Å²) in [5, 5.41) is 11.7. The van der Waals surface area contributed by atoms with Crippen molar-refractivity contribution in [1.82, 2.24) is 5.32 Å². The fraction of sp³-hybridized carbons (Fsp3) is 0.412. The molecule has 132 valence electrons. The Balaban J connectivity index is 3.20. The summed E-state index contributed by atoms with van der Waals surface area (Å²) < 4.78 is 11.2. The fourth-order valence-electron chi connectivity index (χ4n) is 1.90. The molecule has 0 aliphatic rings. The van der Waals surface area contributed by atoms with Gasteiger partial charge in [-0.25, -0.2) is 4.79 Å². The van der Waals surface area contributed by atoms with E-state index in [0.717, 1.165) is 12.8 Å². The molecule has 1 amide bonds. The lowest BCUT2D eigenvalue weighted by Gasteiger charge is -2.14. The van der Waals surface area contributed by atoms with Crippen molar-refractivity contribution in [2.75, 3.05) is 13.2 Å². The first-order valence-corrected chi connectivity index (χ1v) is 8.08. The molecular formula is C17H22ClNO5. The number of hydrogen-bond donors (Lipinski definition) is 2. The molecule has 0 fully saturated rings. The van der Waals surface area contributed by atoms with E-state index in [1.165, 1.54) is 13.0 Å². The summed E-state index contributed by atoms with van der Waals surface area (Å²) in [6.45, 7) is 6.03. The lowest BCUT2D eigenvalue weighted by molar-refractivity contribution is -0.134. The van der Waals surface area contributed by atoms with Crippen LogP contribution in [0.15, 0.2) is 17.8 Å². The molecule has 6 nitrogen and oxygen atoms in total. The van der Waals surface area contributed by atoms with Crippen LogP contribution in [0.2, 0.25) is 5.02 Å². The summed E-state index contributed by atoms with van der Waals surface area (Å²) in [5.74, 6) is -0.859. The Hall–Kier alpha value is -2.21. The smallest absolute Gasteiger partial charge is 0.352 e. The molecule has 0 radical (unpaired) electrons. The normalized spacial score (nSPS) is 11.1. The molecule has 0 heterocycles. The Kier molecular flexibility index (Phi) is 8.12. The number of unbranched alkanes of at least 4 members (excludes halogenated alkanes) is 1. The van der Waals surface area contributed by atoms with Gasteiger partial charge in [-0.05, 0) is 37.1 Å². The van der Waals surface area contributed by atoms with Crippen LogP contribution in [-0.4, -0.2) is 30.2 Å². The quantitative estimate of drug-likeness (QED) is 0.523. The molecular weight excluding hydrogens is 334 g/mol. The molecule has 1 aromatic carbocycles. The maximum absolute atomic E-state index is 11.2. The van der Waals surface area contributed by atoms with Crippen molar-refractivity contribution in [3.63, 3.8) is 0 Å². The summed E-state index contributed by atoms with van der Waals surface area (Å²) in [7, 11) is 0. The molecule has 0 unspecified atom stereocenters. The summed E-state index contributed by atoms with van der Waals surface area (Å²) in [6.07, 6.45) is 3.18. The minimum absolute atomic E-state index is 0.249. The predicted octanol–water partition coefficient (Wildman–Crippen LogP) is 3.48. The zero-order valence-corrected chi connectivity index (χ0v) is 14.8. The third-order valence-electron chi connectivity index (χ3n) is 2.93. The molecule has 0 spiro atoms. The van der Waals surface area contributed by atoms with E-state index < -0.39 is 11.9 Å². The van der Waals surface area contributed by atoms with Crippen LogP contribution in [0.3, 0.4) is 0 Å². The van der Waals surface area contributed by atoms with E-state index >= 15 is 0 Å². The first kappa shape index (κ1) is 19.8. The number of carbonyl (C=O) groups excluding carboxylic acids is 1. The highest BCUT2D eigenvalue weighted by atomic mass is 35.5. The zero-order valence-electron chi connectivity index (χ0n) is 14.0. The third-order valence-corrected chi connectivity index (χ3v) is 3.21. The Labute approximate surface area is 146 Å². The van der Waals surface area contributed by atoms with Gasteiger partial charge in [-0.15, -0.1) is 0 Å². The van der Waals surface area contributed by atoms with Crippen LogP contribution in [0.1, 0.15) is 39.2 Å². The number of halogens is 1. The number of carboxylic acids is 1. The van der Waals surface area contributed by atoms with E-state index in [4.69, 9.17) is 26.2 Å². The Morgan fingerprint density at radius 3 is 2.54 bits per heavy atom. The van der Waals surface area contributed by atoms with E-state index in [0.29, 0.717) is 35.3 Å². The summed E-state index contributed by atoms with van der Waals surface area (Å²) >= 11 is 6.25. The van der Waals surface area contributed by atoms with Gasteiger partial charge < -0.3 is 19.9 Å². The largest absolute Gasteiger partial charge is 0.490 e. The van der Waals surface area contributed by atoms with Gasteiger partial charge in [0.2, 0.25) is 5.91 Å². The molecule has 24 heavy (non-hydrogen) atoms. The first-order chi connectivity index (χ1) is 11.4. The van der Waals surface area contributed by atoms with Crippen molar-refractivity contribution in [1.29, 1.82) is 0 Å². The lowest BCUT2D eigenvalue weighted by Crippen LogP contribution is -2.24. The predicted molar refractivity (Wildman–Crippen MR) is 92.5 cm³/mol. The summed E-state index contributed by atoms with van der Waals surface area (Å²) in [4.78, 5) is 22.3. The van der Waals surface area contributed by atoms with Crippen LogP contribution in [0.4, 0.5) is 0 Å². The van der Waals surface area contributed by atoms with Crippen molar-refractivity contribution >= 4 is 29.6 Å². The molecule has 0 atom stereocenters. The minimum atomic E-state index is -1.25. The van der Waals surface area contributed by atoms with Crippen LogP contribution < -0.4 is 14.8 Å². The van der Waals surface area contributed by atoms with E-state index in [1.807, 2.05) is 6.92 Å². The SMILES string of the molecule is CCCCOc1c(Cl)cc(/C=C(/NC(C)=O)C(=O)O)cc1OCC. The maximum atomic E-state index is 11.2. The molecule has 7 heteroatoms. The van der Waals surface area contributed by atoms with Crippen LogP contribution in [0.5, 0.6) is 11.5 Å². The van der Waals surface area contributed by atoms with Gasteiger partial charge in [-0.1, -0.05) is 24.9 Å². The first-order valence-electron chi connectivity index (χ1n) is 7.70. The second-order valence-corrected chi connectivity index (χ2v) is 5.42. The Morgan fingerprint density at radius 2 is 2.00 bits per heavy atom. The number of nitrogens with one attached hydrogen (secondary N) is 1. The highest BCUT2D eigenvalue weighted by molar-refractivity contribution is 6.32. The average Bonchev–Trinajstić information content (AvgIpc) is 2.49. The van der Waals surface area contributed by atoms with Gasteiger partial charge in [0, 0.05) is 6.92 Å². The van der Waals surface area contributed by atoms with E-state index in [-0.39, 0.29) is 5.70 Å². The number of rotatable bonds is 9. The van der Waals surface area contributed by atoms with Gasteiger partial charge in [0.1, 0.15) is 5.70 Å². The zero-order chi connectivity index (χ0) is 18.1. The second kappa shape index (κ2) is 9.82. The Morgan fingerprint density at radius 1 is 1.29 bits per heavy atom. The van der Waals surface area contributed by atoms with Crippen molar-refractivity contribution in [3.05, 3.63) is 28.4 Å². The number of carboxylic acid groups (broad SMARTS) is 1. The van der Waals surface area contributed by atoms with E-state index in [1.54, 1.807) is 12.1 Å². The summed E-state index contributed by atoms with van der Waals surface area (Å²) in [6, 6.07) is 3.19. The van der Waals surface area contributed by atoms with Gasteiger partial charge in [-0.2, -0.15) is 0 Å². The topological polar surface area (TPSA) is 84.9 Å². The minimum Gasteiger partial charge on any atom is -0.490 e. The van der Waals surface area contributed by atoms with Gasteiger partial charge in [0.25, 0.3) is 0 Å². The van der Waals surface area contributed by atoms with Gasteiger partial charge in [-0.3, -0.25) is 4.79 Å². The highest BCUT2D eigenvalue weighted by Gasteiger charge is 2.14. The molecule has 0 saturated carbocycles. The number of aliphatic carboxylic acids is 1. The van der Waals surface area contributed by atoms with Gasteiger partial charge in [0.15, 0.2) is 11.5 Å². The van der Waals surface area contributed by atoms with E-state index in [2.05, 4.69) is 12.2 Å². The second-order valence-electron chi connectivity index (χ2n) is 5.01. The van der Waals surface area contributed by atoms with Crippen molar-refractivity contribution in [3.8, 4) is 11.5 Å². The van der Waals surface area contributed by atoms with Gasteiger partial charge in [0.05, 0.1) is 18.2 Å². The van der Waals surface area contributed by atoms with Crippen LogP contribution in [-0.2, 0) is 9.59 Å².